The van der Waals surface area contributed by atoms with Gasteiger partial charge in [-0.05, 0) is 31.7 Å². The fourth-order valence-electron chi connectivity index (χ4n) is 2.43. The van der Waals surface area contributed by atoms with Gasteiger partial charge in [-0.25, -0.2) is 0 Å². The topological polar surface area (TPSA) is 68.2 Å². The fourth-order valence-corrected chi connectivity index (χ4v) is 2.43. The smallest absolute Gasteiger partial charge is 0.240 e. The Kier molecular flexibility index (Phi) is 4.35. The van der Waals surface area contributed by atoms with E-state index in [1.807, 2.05) is 0 Å². The summed E-state index contributed by atoms with van der Waals surface area (Å²) >= 11 is 0. The van der Waals surface area contributed by atoms with Gasteiger partial charge in [0, 0.05) is 19.0 Å². The van der Waals surface area contributed by atoms with Gasteiger partial charge in [-0.15, -0.1) is 0 Å². The molecule has 1 fully saturated rings. The zero-order valence-corrected chi connectivity index (χ0v) is 11.6. The van der Waals surface area contributed by atoms with Crippen molar-refractivity contribution in [3.8, 4) is 0 Å². The third kappa shape index (κ3) is 3.53. The largest absolute Gasteiger partial charge is 0.338 e. The van der Waals surface area contributed by atoms with E-state index in [1.54, 1.807) is 0 Å². The molecule has 2 unspecified atom stereocenters. The van der Waals surface area contributed by atoms with Crippen LogP contribution in [0.2, 0.25) is 0 Å². The molecule has 0 bridgehead atoms. The van der Waals surface area contributed by atoms with Gasteiger partial charge >= 0.3 is 0 Å². The van der Waals surface area contributed by atoms with Gasteiger partial charge in [0.1, 0.15) is 0 Å². The number of rotatable bonds is 5. The molecule has 1 saturated heterocycles. The molecular weight excluding hydrogens is 228 g/mol. The number of nitrogens with two attached hydrogens (primary N) is 1. The lowest BCUT2D eigenvalue weighted by atomic mass is 10.0. The Bertz CT molecular complexity index is 375. The van der Waals surface area contributed by atoms with Crippen LogP contribution in [0.5, 0.6) is 0 Å². The lowest BCUT2D eigenvalue weighted by Crippen LogP contribution is -2.29. The second-order valence-corrected chi connectivity index (χ2v) is 5.85. The molecule has 5 nitrogen and oxygen atoms in total. The number of aromatic nitrogens is 2. The number of nitrogens with zero attached hydrogens (tertiary/aromatic N) is 3. The Labute approximate surface area is 109 Å². The minimum atomic E-state index is 0.272. The summed E-state index contributed by atoms with van der Waals surface area (Å²) in [4.78, 5) is 6.78. The van der Waals surface area contributed by atoms with Crippen molar-refractivity contribution in [1.29, 1.82) is 0 Å². The molecule has 2 N–H and O–H groups in total. The Morgan fingerprint density at radius 3 is 2.83 bits per heavy atom. The quantitative estimate of drug-likeness (QED) is 0.858. The molecule has 2 atom stereocenters. The van der Waals surface area contributed by atoms with E-state index in [4.69, 9.17) is 10.3 Å². The van der Waals surface area contributed by atoms with Crippen LogP contribution in [0.4, 0.5) is 0 Å². The van der Waals surface area contributed by atoms with Gasteiger partial charge in [0.15, 0.2) is 5.82 Å². The van der Waals surface area contributed by atoms with Crippen LogP contribution in [0.15, 0.2) is 4.52 Å². The summed E-state index contributed by atoms with van der Waals surface area (Å²) in [6, 6.07) is 0.272. The summed E-state index contributed by atoms with van der Waals surface area (Å²) in [5.74, 6) is 2.71. The Morgan fingerprint density at radius 2 is 2.22 bits per heavy atom. The van der Waals surface area contributed by atoms with Gasteiger partial charge in [-0.3, -0.25) is 4.90 Å². The maximum Gasteiger partial charge on any atom is 0.240 e. The summed E-state index contributed by atoms with van der Waals surface area (Å²) < 4.78 is 5.29. The molecule has 0 spiro atoms. The molecule has 1 aromatic rings. The molecule has 0 saturated carbocycles. The molecule has 1 aliphatic heterocycles. The third-order valence-electron chi connectivity index (χ3n) is 3.51. The monoisotopic (exact) mass is 252 g/mol. The van der Waals surface area contributed by atoms with E-state index < -0.39 is 0 Å². The molecule has 1 aliphatic rings. The lowest BCUT2D eigenvalue weighted by molar-refractivity contribution is 0.256. The molecule has 18 heavy (non-hydrogen) atoms. The Morgan fingerprint density at radius 1 is 1.44 bits per heavy atom. The SMILES string of the molecule is CC(C)Cc1noc(CN2CCC(C(C)N)C2)n1. The molecule has 2 heterocycles. The average Bonchev–Trinajstić information content (AvgIpc) is 2.88. The predicted molar refractivity (Wildman–Crippen MR) is 69.9 cm³/mol. The maximum absolute atomic E-state index is 5.93. The Balaban J connectivity index is 1.85. The van der Waals surface area contributed by atoms with E-state index in [-0.39, 0.29) is 6.04 Å². The van der Waals surface area contributed by atoms with E-state index in [9.17, 15) is 0 Å². The highest BCUT2D eigenvalue weighted by Gasteiger charge is 2.26. The van der Waals surface area contributed by atoms with Crippen molar-refractivity contribution < 1.29 is 4.52 Å². The summed E-state index contributed by atoms with van der Waals surface area (Å²) in [6.45, 7) is 9.27. The Hall–Kier alpha value is -0.940. The number of hydrogen-bond donors (Lipinski definition) is 1. The van der Waals surface area contributed by atoms with Crippen molar-refractivity contribution >= 4 is 0 Å². The van der Waals surface area contributed by atoms with Crippen LogP contribution in [0.25, 0.3) is 0 Å². The molecular formula is C13H24N4O. The van der Waals surface area contributed by atoms with Gasteiger partial charge in [0.05, 0.1) is 6.54 Å². The molecule has 0 aliphatic carbocycles. The maximum atomic E-state index is 5.93. The van der Waals surface area contributed by atoms with E-state index in [0.29, 0.717) is 11.8 Å². The van der Waals surface area contributed by atoms with Crippen molar-refractivity contribution in [2.24, 2.45) is 17.6 Å². The van der Waals surface area contributed by atoms with Gasteiger partial charge in [0.2, 0.25) is 5.89 Å². The molecule has 0 aromatic carbocycles. The van der Waals surface area contributed by atoms with Gasteiger partial charge in [-0.1, -0.05) is 19.0 Å². The molecule has 0 radical (unpaired) electrons. The minimum absolute atomic E-state index is 0.272. The molecule has 102 valence electrons. The third-order valence-corrected chi connectivity index (χ3v) is 3.51. The first kappa shape index (κ1) is 13.5. The van der Waals surface area contributed by atoms with Gasteiger partial charge in [0.25, 0.3) is 0 Å². The molecule has 1 aromatic heterocycles. The summed E-state index contributed by atoms with van der Waals surface area (Å²) in [6.07, 6.45) is 2.05. The lowest BCUT2D eigenvalue weighted by Gasteiger charge is -2.15. The standard InChI is InChI=1S/C13H24N4O/c1-9(2)6-12-15-13(18-16-12)8-17-5-4-11(7-17)10(3)14/h9-11H,4-8,14H2,1-3H3. The van der Waals surface area contributed by atoms with Crippen LogP contribution < -0.4 is 5.73 Å². The van der Waals surface area contributed by atoms with Crippen molar-refractivity contribution in [2.75, 3.05) is 13.1 Å². The van der Waals surface area contributed by atoms with Crippen molar-refractivity contribution in [1.82, 2.24) is 15.0 Å². The van der Waals surface area contributed by atoms with Crippen LogP contribution in [0.1, 0.15) is 38.9 Å². The van der Waals surface area contributed by atoms with Crippen molar-refractivity contribution in [3.05, 3.63) is 11.7 Å². The van der Waals surface area contributed by atoms with Gasteiger partial charge in [-0.2, -0.15) is 4.98 Å². The highest BCUT2D eigenvalue weighted by atomic mass is 16.5. The minimum Gasteiger partial charge on any atom is -0.338 e. The second-order valence-electron chi connectivity index (χ2n) is 5.85. The zero-order chi connectivity index (χ0) is 13.1. The molecule has 0 amide bonds. The first-order valence-corrected chi connectivity index (χ1v) is 6.84. The van der Waals surface area contributed by atoms with Crippen LogP contribution in [-0.4, -0.2) is 34.2 Å². The normalized spacial score (nSPS) is 22.8. The fraction of sp³-hybridized carbons (Fsp3) is 0.846. The second kappa shape index (κ2) is 5.80. The highest BCUT2D eigenvalue weighted by Crippen LogP contribution is 2.20. The predicted octanol–water partition coefficient (Wildman–Crippen LogP) is 1.44. The summed E-state index contributed by atoms with van der Waals surface area (Å²) in [5.41, 5.74) is 5.93. The van der Waals surface area contributed by atoms with Gasteiger partial charge < -0.3 is 10.3 Å². The average molecular weight is 252 g/mol. The zero-order valence-electron chi connectivity index (χ0n) is 11.6. The van der Waals surface area contributed by atoms with Crippen LogP contribution in [0.3, 0.4) is 0 Å². The molecule has 5 heteroatoms. The van der Waals surface area contributed by atoms with Crippen LogP contribution in [-0.2, 0) is 13.0 Å². The number of likely N-dealkylation sites (tertiary alicyclic amines) is 1. The van der Waals surface area contributed by atoms with Crippen molar-refractivity contribution in [3.63, 3.8) is 0 Å². The van der Waals surface area contributed by atoms with E-state index in [1.165, 1.54) is 6.42 Å². The van der Waals surface area contributed by atoms with E-state index in [0.717, 1.165) is 37.8 Å². The van der Waals surface area contributed by atoms with E-state index in [2.05, 4.69) is 35.8 Å². The number of hydrogen-bond acceptors (Lipinski definition) is 5. The first-order valence-electron chi connectivity index (χ1n) is 6.84. The first-order chi connectivity index (χ1) is 8.54. The highest BCUT2D eigenvalue weighted by molar-refractivity contribution is 4.89. The van der Waals surface area contributed by atoms with Crippen molar-refractivity contribution in [2.45, 2.75) is 46.2 Å². The summed E-state index contributed by atoms with van der Waals surface area (Å²) in [7, 11) is 0. The summed E-state index contributed by atoms with van der Waals surface area (Å²) in [5, 5.41) is 4.02. The van der Waals surface area contributed by atoms with Crippen LogP contribution >= 0.6 is 0 Å². The van der Waals surface area contributed by atoms with Crippen LogP contribution in [0, 0.1) is 11.8 Å². The molecule has 2 rings (SSSR count). The van der Waals surface area contributed by atoms with E-state index >= 15 is 0 Å².